The predicted octanol–water partition coefficient (Wildman–Crippen LogP) is 1.24. The molecule has 1 fully saturated rings. The minimum absolute atomic E-state index is 0.257. The van der Waals surface area contributed by atoms with Crippen LogP contribution < -0.4 is 0 Å². The average Bonchev–Trinajstić information content (AvgIpc) is 2.62. The molecule has 5 nitrogen and oxygen atoms in total. The molecule has 0 aliphatic carbocycles. The van der Waals surface area contributed by atoms with Crippen LogP contribution in [-0.2, 0) is 9.53 Å². The summed E-state index contributed by atoms with van der Waals surface area (Å²) in [5.41, 5.74) is 0. The van der Waals surface area contributed by atoms with Crippen LogP contribution in [0.1, 0.15) is 13.8 Å². The Morgan fingerprint density at radius 1 is 1.60 bits per heavy atom. The van der Waals surface area contributed by atoms with E-state index in [2.05, 4.69) is 0 Å². The van der Waals surface area contributed by atoms with E-state index in [-0.39, 0.29) is 5.92 Å². The van der Waals surface area contributed by atoms with E-state index in [9.17, 15) is 9.59 Å². The Labute approximate surface area is 92.8 Å². The van der Waals surface area contributed by atoms with Crippen LogP contribution in [0.15, 0.2) is 0 Å². The third-order valence-corrected chi connectivity index (χ3v) is 2.95. The highest BCUT2D eigenvalue weighted by atomic mass is 32.2. The van der Waals surface area contributed by atoms with Gasteiger partial charge in [-0.3, -0.25) is 4.90 Å². The first-order chi connectivity index (χ1) is 7.02. The first-order valence-electron chi connectivity index (χ1n) is 4.76. The lowest BCUT2D eigenvalue weighted by molar-refractivity contribution is -0.141. The van der Waals surface area contributed by atoms with Crippen LogP contribution in [0.5, 0.6) is 0 Å². The fraction of sp³-hybridized carbons (Fsp3) is 0.778. The van der Waals surface area contributed by atoms with Gasteiger partial charge in [0.15, 0.2) is 0 Å². The number of rotatable bonds is 3. The van der Waals surface area contributed by atoms with Crippen LogP contribution in [0.4, 0.5) is 4.79 Å². The number of aliphatic carboxylic acids is 1. The first-order valence-corrected chi connectivity index (χ1v) is 5.91. The average molecular weight is 233 g/mol. The van der Waals surface area contributed by atoms with Crippen LogP contribution >= 0.6 is 11.8 Å². The van der Waals surface area contributed by atoms with E-state index >= 15 is 0 Å². The summed E-state index contributed by atoms with van der Waals surface area (Å²) in [6.45, 7) is 4.19. The van der Waals surface area contributed by atoms with Crippen LogP contribution in [0.3, 0.4) is 0 Å². The molecule has 0 aromatic carbocycles. The van der Waals surface area contributed by atoms with Crippen molar-refractivity contribution in [2.45, 2.75) is 19.9 Å². The van der Waals surface area contributed by atoms with Crippen molar-refractivity contribution in [2.75, 3.05) is 18.2 Å². The molecule has 1 rings (SSSR count). The van der Waals surface area contributed by atoms with E-state index in [1.807, 2.05) is 13.8 Å². The fourth-order valence-corrected chi connectivity index (χ4v) is 2.28. The molecule has 1 heterocycles. The molecule has 1 saturated heterocycles. The lowest BCUT2D eigenvalue weighted by Crippen LogP contribution is -2.42. The van der Waals surface area contributed by atoms with Gasteiger partial charge in [-0.25, -0.2) is 9.59 Å². The normalized spacial score (nSPS) is 20.7. The van der Waals surface area contributed by atoms with Crippen molar-refractivity contribution in [1.29, 1.82) is 0 Å². The number of hydrogen-bond acceptors (Lipinski definition) is 4. The summed E-state index contributed by atoms with van der Waals surface area (Å²) >= 11 is 1.43. The molecule has 86 valence electrons. The highest BCUT2D eigenvalue weighted by Crippen LogP contribution is 2.21. The molecule has 1 aliphatic rings. The number of carbonyl (C=O) groups is 2. The van der Waals surface area contributed by atoms with Gasteiger partial charge in [0.25, 0.3) is 0 Å². The summed E-state index contributed by atoms with van der Waals surface area (Å²) < 4.78 is 4.98. The number of carbonyl (C=O) groups excluding carboxylic acids is 1. The zero-order chi connectivity index (χ0) is 11.4. The Hall–Kier alpha value is -0.910. The molecule has 0 unspecified atom stereocenters. The molecule has 15 heavy (non-hydrogen) atoms. The molecule has 1 aliphatic heterocycles. The second-order valence-electron chi connectivity index (χ2n) is 3.79. The second-order valence-corrected chi connectivity index (χ2v) is 4.79. The summed E-state index contributed by atoms with van der Waals surface area (Å²) in [6, 6.07) is -0.741. The molecule has 0 aromatic heterocycles. The molecule has 0 radical (unpaired) electrons. The van der Waals surface area contributed by atoms with Crippen molar-refractivity contribution in [2.24, 2.45) is 5.92 Å². The minimum atomic E-state index is -0.971. The van der Waals surface area contributed by atoms with E-state index in [0.29, 0.717) is 18.2 Å². The number of carboxylic acid groups (broad SMARTS) is 1. The van der Waals surface area contributed by atoms with Gasteiger partial charge in [0.2, 0.25) is 0 Å². The van der Waals surface area contributed by atoms with E-state index in [1.54, 1.807) is 0 Å². The summed E-state index contributed by atoms with van der Waals surface area (Å²) in [5.74, 6) is 0.119. The largest absolute Gasteiger partial charge is 0.480 e. The Bertz CT molecular complexity index is 256. The van der Waals surface area contributed by atoms with Crippen molar-refractivity contribution in [3.8, 4) is 0 Å². The van der Waals surface area contributed by atoms with Gasteiger partial charge >= 0.3 is 12.1 Å². The van der Waals surface area contributed by atoms with Gasteiger partial charge in [0, 0.05) is 5.75 Å². The molecule has 1 amide bonds. The van der Waals surface area contributed by atoms with Crippen LogP contribution in [0.2, 0.25) is 0 Å². The minimum Gasteiger partial charge on any atom is -0.480 e. The number of carboxylic acids is 1. The highest BCUT2D eigenvalue weighted by molar-refractivity contribution is 7.99. The maximum atomic E-state index is 11.5. The molecule has 1 N–H and O–H groups in total. The van der Waals surface area contributed by atoms with Crippen molar-refractivity contribution < 1.29 is 19.4 Å². The molecule has 0 aromatic rings. The van der Waals surface area contributed by atoms with Crippen molar-refractivity contribution in [1.82, 2.24) is 4.90 Å². The number of amides is 1. The van der Waals surface area contributed by atoms with Gasteiger partial charge in [0.1, 0.15) is 6.04 Å². The van der Waals surface area contributed by atoms with Gasteiger partial charge in [-0.15, -0.1) is 11.8 Å². The van der Waals surface area contributed by atoms with Gasteiger partial charge in [-0.1, -0.05) is 13.8 Å². The van der Waals surface area contributed by atoms with E-state index in [4.69, 9.17) is 9.84 Å². The lowest BCUT2D eigenvalue weighted by atomic mass is 10.2. The number of thioether (sulfide) groups is 1. The van der Waals surface area contributed by atoms with E-state index in [0.717, 1.165) is 0 Å². The maximum absolute atomic E-state index is 11.5. The molecule has 0 spiro atoms. The third kappa shape index (κ3) is 3.30. The number of nitrogens with zero attached hydrogens (tertiary/aromatic N) is 1. The quantitative estimate of drug-likeness (QED) is 0.794. The molecular weight excluding hydrogens is 218 g/mol. The van der Waals surface area contributed by atoms with Crippen LogP contribution in [0.25, 0.3) is 0 Å². The Balaban J connectivity index is 2.47. The summed E-state index contributed by atoms with van der Waals surface area (Å²) in [4.78, 5) is 23.5. The highest BCUT2D eigenvalue weighted by Gasteiger charge is 2.35. The summed E-state index contributed by atoms with van der Waals surface area (Å²) in [5, 5.41) is 8.85. The Morgan fingerprint density at radius 3 is 2.80 bits per heavy atom. The lowest BCUT2D eigenvalue weighted by Gasteiger charge is -2.20. The zero-order valence-corrected chi connectivity index (χ0v) is 9.62. The SMILES string of the molecule is CC(C)COC(=O)N1CSC[C@H]1C(=O)O. The van der Waals surface area contributed by atoms with E-state index < -0.39 is 18.1 Å². The molecule has 1 atom stereocenters. The first kappa shape index (κ1) is 12.2. The zero-order valence-electron chi connectivity index (χ0n) is 8.80. The molecule has 0 saturated carbocycles. The van der Waals surface area contributed by atoms with Crippen LogP contribution in [0, 0.1) is 5.92 Å². The molecule has 0 bridgehead atoms. The standard InChI is InChI=1S/C9H15NO4S/c1-6(2)3-14-9(13)10-5-15-4-7(10)8(11)12/h6-7H,3-5H2,1-2H3,(H,11,12)/t7-/m0/s1. The van der Waals surface area contributed by atoms with Gasteiger partial charge in [-0.2, -0.15) is 0 Å². The van der Waals surface area contributed by atoms with Gasteiger partial charge in [0.05, 0.1) is 12.5 Å². The molecular formula is C9H15NO4S. The van der Waals surface area contributed by atoms with Crippen molar-refractivity contribution in [3.05, 3.63) is 0 Å². The molecule has 6 heteroatoms. The maximum Gasteiger partial charge on any atom is 0.411 e. The van der Waals surface area contributed by atoms with Gasteiger partial charge in [-0.05, 0) is 5.92 Å². The Kier molecular flexibility index (Phi) is 4.26. The summed E-state index contributed by atoms with van der Waals surface area (Å²) in [6.07, 6.45) is -0.527. The second kappa shape index (κ2) is 5.25. The summed E-state index contributed by atoms with van der Waals surface area (Å²) in [7, 11) is 0. The topological polar surface area (TPSA) is 66.8 Å². The Morgan fingerprint density at radius 2 is 2.27 bits per heavy atom. The third-order valence-electron chi connectivity index (χ3n) is 1.94. The number of hydrogen-bond donors (Lipinski definition) is 1. The van der Waals surface area contributed by atoms with Gasteiger partial charge < -0.3 is 9.84 Å². The fourth-order valence-electron chi connectivity index (χ4n) is 1.15. The monoisotopic (exact) mass is 233 g/mol. The van der Waals surface area contributed by atoms with Crippen molar-refractivity contribution in [3.63, 3.8) is 0 Å². The number of ether oxygens (including phenoxy) is 1. The van der Waals surface area contributed by atoms with Crippen molar-refractivity contribution >= 4 is 23.8 Å². The van der Waals surface area contributed by atoms with Crippen LogP contribution in [-0.4, -0.2) is 46.3 Å². The smallest absolute Gasteiger partial charge is 0.411 e. The van der Waals surface area contributed by atoms with E-state index in [1.165, 1.54) is 16.7 Å². The predicted molar refractivity (Wildman–Crippen MR) is 56.8 cm³/mol.